The molecule has 0 rings (SSSR count). The summed E-state index contributed by atoms with van der Waals surface area (Å²) in [7, 11) is -4.71. The largest absolute Gasteiger partial charge is 0.480 e. The third-order valence-electron chi connectivity index (χ3n) is 10.5. The normalized spacial score (nSPS) is 13.7. The van der Waals surface area contributed by atoms with Gasteiger partial charge in [0.1, 0.15) is 12.6 Å². The van der Waals surface area contributed by atoms with Gasteiger partial charge in [0.05, 0.1) is 13.2 Å². The van der Waals surface area contributed by atoms with Crippen molar-refractivity contribution in [2.24, 2.45) is 5.73 Å². The molecule has 3 unspecified atom stereocenters. The molecule has 342 valence electrons. The number of carbonyl (C=O) groups is 3. The number of carboxylic acids is 1. The average Bonchev–Trinajstić information content (AvgIpc) is 3.20. The number of rotatable bonds is 45. The molecule has 0 heterocycles. The fourth-order valence-corrected chi connectivity index (χ4v) is 7.55. The SMILES string of the molecule is CCCCC/C=C\CCCCCCCC(=O)OC(COC(=O)CCCCCCCCCCCCCCCCCCCCCCCC)COP(=O)(O)OCC(N)C(=O)O. The van der Waals surface area contributed by atoms with E-state index in [9.17, 15) is 23.8 Å². The Morgan fingerprint density at radius 1 is 0.517 bits per heavy atom. The molecular formula is C46H88NO10P. The molecule has 0 saturated carbocycles. The standard InChI is InChI=1S/C46H88NO10P/c1-3-5-7-9-11-13-15-17-18-19-20-21-22-23-24-25-26-28-29-31-33-35-37-44(48)54-39-42(40-55-58(52,53)56-41-43(47)46(50)51)57-45(49)38-36-34-32-30-27-16-14-12-10-8-6-4-2/h12,14,42-43H,3-11,13,15-41,47H2,1-2H3,(H,50,51)(H,52,53)/b14-12-. The first-order chi connectivity index (χ1) is 28.1. The molecular weight excluding hydrogens is 757 g/mol. The Balaban J connectivity index is 4.18. The molecule has 0 amide bonds. The van der Waals surface area contributed by atoms with Crippen LogP contribution < -0.4 is 5.73 Å². The van der Waals surface area contributed by atoms with Crippen molar-refractivity contribution in [1.29, 1.82) is 0 Å². The number of carboxylic acid groups (broad SMARTS) is 1. The van der Waals surface area contributed by atoms with Gasteiger partial charge in [0.2, 0.25) is 0 Å². The van der Waals surface area contributed by atoms with E-state index in [0.29, 0.717) is 12.8 Å². The van der Waals surface area contributed by atoms with Crippen LogP contribution in [0.15, 0.2) is 12.2 Å². The van der Waals surface area contributed by atoms with Gasteiger partial charge < -0.3 is 25.2 Å². The molecule has 0 spiro atoms. The second-order valence-corrected chi connectivity index (χ2v) is 17.7. The molecule has 3 atom stereocenters. The first-order valence-electron chi connectivity index (χ1n) is 23.7. The van der Waals surface area contributed by atoms with Gasteiger partial charge in [0.25, 0.3) is 0 Å². The van der Waals surface area contributed by atoms with Crippen LogP contribution in [0.4, 0.5) is 0 Å². The van der Waals surface area contributed by atoms with Crippen LogP contribution in [-0.4, -0.2) is 59.9 Å². The summed E-state index contributed by atoms with van der Waals surface area (Å²) < 4.78 is 32.7. The van der Waals surface area contributed by atoms with Gasteiger partial charge in [-0.05, 0) is 38.5 Å². The minimum atomic E-state index is -4.71. The molecule has 0 saturated heterocycles. The molecule has 12 heteroatoms. The molecule has 0 aromatic carbocycles. The Morgan fingerprint density at radius 2 is 0.862 bits per heavy atom. The Kier molecular flexibility index (Phi) is 40.6. The summed E-state index contributed by atoms with van der Waals surface area (Å²) in [6.45, 7) is 2.80. The number of phosphoric ester groups is 1. The van der Waals surface area contributed by atoms with Crippen LogP contribution in [0.2, 0.25) is 0 Å². The molecule has 0 aliphatic carbocycles. The molecule has 4 N–H and O–H groups in total. The van der Waals surface area contributed by atoms with Crippen molar-refractivity contribution in [3.05, 3.63) is 12.2 Å². The van der Waals surface area contributed by atoms with E-state index in [0.717, 1.165) is 57.8 Å². The van der Waals surface area contributed by atoms with Crippen molar-refractivity contribution in [3.63, 3.8) is 0 Å². The number of esters is 2. The third kappa shape index (κ3) is 41.0. The van der Waals surface area contributed by atoms with Gasteiger partial charge in [-0.25, -0.2) is 4.57 Å². The van der Waals surface area contributed by atoms with E-state index in [1.54, 1.807) is 0 Å². The zero-order chi connectivity index (χ0) is 42.8. The zero-order valence-corrected chi connectivity index (χ0v) is 38.1. The van der Waals surface area contributed by atoms with Crippen molar-refractivity contribution in [2.45, 2.75) is 244 Å². The molecule has 11 nitrogen and oxygen atoms in total. The van der Waals surface area contributed by atoms with Gasteiger partial charge in [0, 0.05) is 12.8 Å². The van der Waals surface area contributed by atoms with Crippen LogP contribution in [0.3, 0.4) is 0 Å². The quantitative estimate of drug-likeness (QED) is 0.0230. The number of aliphatic carboxylic acids is 1. The lowest BCUT2D eigenvalue weighted by Gasteiger charge is -2.20. The average molecular weight is 846 g/mol. The highest BCUT2D eigenvalue weighted by molar-refractivity contribution is 7.47. The highest BCUT2D eigenvalue weighted by Crippen LogP contribution is 2.43. The summed E-state index contributed by atoms with van der Waals surface area (Å²) >= 11 is 0. The smallest absolute Gasteiger partial charge is 0.472 e. The molecule has 0 aliphatic rings. The Labute approximate surface area is 354 Å². The maximum absolute atomic E-state index is 12.6. The topological polar surface area (TPSA) is 172 Å². The van der Waals surface area contributed by atoms with Crippen molar-refractivity contribution >= 4 is 25.7 Å². The zero-order valence-electron chi connectivity index (χ0n) is 37.2. The first-order valence-corrected chi connectivity index (χ1v) is 25.2. The van der Waals surface area contributed by atoms with Crippen molar-refractivity contribution in [3.8, 4) is 0 Å². The lowest BCUT2D eigenvalue weighted by Crippen LogP contribution is -2.34. The third-order valence-corrected chi connectivity index (χ3v) is 11.5. The number of nitrogens with two attached hydrogens (primary N) is 1. The molecule has 0 fully saturated rings. The highest BCUT2D eigenvalue weighted by Gasteiger charge is 2.28. The fraction of sp³-hybridized carbons (Fsp3) is 0.891. The van der Waals surface area contributed by atoms with Crippen LogP contribution in [0.5, 0.6) is 0 Å². The van der Waals surface area contributed by atoms with Gasteiger partial charge in [-0.3, -0.25) is 23.4 Å². The van der Waals surface area contributed by atoms with Gasteiger partial charge >= 0.3 is 25.7 Å². The fourth-order valence-electron chi connectivity index (χ4n) is 6.77. The summed E-state index contributed by atoms with van der Waals surface area (Å²) in [4.78, 5) is 46.0. The number of hydrogen-bond acceptors (Lipinski definition) is 9. The minimum absolute atomic E-state index is 0.155. The van der Waals surface area contributed by atoms with Crippen LogP contribution in [-0.2, 0) is 37.5 Å². The maximum Gasteiger partial charge on any atom is 0.472 e. The van der Waals surface area contributed by atoms with Crippen LogP contribution in [0.25, 0.3) is 0 Å². The van der Waals surface area contributed by atoms with Gasteiger partial charge in [-0.1, -0.05) is 193 Å². The molecule has 0 aromatic heterocycles. The lowest BCUT2D eigenvalue weighted by molar-refractivity contribution is -0.161. The minimum Gasteiger partial charge on any atom is -0.480 e. The molecule has 0 radical (unpaired) electrons. The van der Waals surface area contributed by atoms with Gasteiger partial charge in [0.15, 0.2) is 6.10 Å². The number of ether oxygens (including phenoxy) is 2. The Hall–Kier alpha value is -1.78. The predicted octanol–water partition coefficient (Wildman–Crippen LogP) is 12.8. The second kappa shape index (κ2) is 41.9. The Bertz CT molecular complexity index is 1040. The number of hydrogen-bond donors (Lipinski definition) is 3. The van der Waals surface area contributed by atoms with E-state index in [4.69, 9.17) is 24.8 Å². The lowest BCUT2D eigenvalue weighted by atomic mass is 10.0. The monoisotopic (exact) mass is 846 g/mol. The second-order valence-electron chi connectivity index (χ2n) is 16.2. The van der Waals surface area contributed by atoms with E-state index in [1.807, 2.05) is 0 Å². The van der Waals surface area contributed by atoms with Gasteiger partial charge in [-0.15, -0.1) is 0 Å². The molecule has 0 aliphatic heterocycles. The highest BCUT2D eigenvalue weighted by atomic mass is 31.2. The van der Waals surface area contributed by atoms with Crippen LogP contribution >= 0.6 is 7.82 Å². The molecule has 0 bridgehead atoms. The number of carbonyl (C=O) groups excluding carboxylic acids is 2. The first kappa shape index (κ1) is 56.2. The van der Waals surface area contributed by atoms with E-state index >= 15 is 0 Å². The summed E-state index contributed by atoms with van der Waals surface area (Å²) in [6.07, 6.45) is 42.9. The summed E-state index contributed by atoms with van der Waals surface area (Å²) in [5, 5.41) is 8.89. The van der Waals surface area contributed by atoms with Crippen molar-refractivity contribution < 1.29 is 47.5 Å². The van der Waals surface area contributed by atoms with Crippen molar-refractivity contribution in [2.75, 3.05) is 19.8 Å². The molecule has 0 aromatic rings. The summed E-state index contributed by atoms with van der Waals surface area (Å²) in [5.41, 5.74) is 5.34. The maximum atomic E-state index is 12.6. The summed E-state index contributed by atoms with van der Waals surface area (Å²) in [6, 6.07) is -1.52. The van der Waals surface area contributed by atoms with E-state index in [-0.39, 0.29) is 19.4 Å². The van der Waals surface area contributed by atoms with E-state index in [2.05, 4.69) is 30.5 Å². The van der Waals surface area contributed by atoms with Crippen LogP contribution in [0, 0.1) is 0 Å². The van der Waals surface area contributed by atoms with Gasteiger partial charge in [-0.2, -0.15) is 0 Å². The van der Waals surface area contributed by atoms with E-state index < -0.39 is 51.1 Å². The predicted molar refractivity (Wildman–Crippen MR) is 236 cm³/mol. The number of phosphoric acid groups is 1. The Morgan fingerprint density at radius 3 is 1.29 bits per heavy atom. The summed E-state index contributed by atoms with van der Waals surface area (Å²) in [5.74, 6) is -2.37. The van der Waals surface area contributed by atoms with E-state index in [1.165, 1.54) is 135 Å². The molecule has 58 heavy (non-hydrogen) atoms. The number of allylic oxidation sites excluding steroid dienone is 2. The number of unbranched alkanes of at least 4 members (excludes halogenated alkanes) is 29. The van der Waals surface area contributed by atoms with Crippen molar-refractivity contribution in [1.82, 2.24) is 0 Å². The van der Waals surface area contributed by atoms with Crippen LogP contribution in [0.1, 0.15) is 232 Å².